The molecule has 0 fully saturated rings. The highest BCUT2D eigenvalue weighted by atomic mass is 79.9. The number of hydrogen-bond donors (Lipinski definition) is 1. The van der Waals surface area contributed by atoms with E-state index in [1.165, 1.54) is 12.5 Å². The topological polar surface area (TPSA) is 91.2 Å². The van der Waals surface area contributed by atoms with Crippen LogP contribution < -0.4 is 14.8 Å². The van der Waals surface area contributed by atoms with Gasteiger partial charge in [0.2, 0.25) is 5.95 Å². The molecule has 1 atom stereocenters. The van der Waals surface area contributed by atoms with Crippen LogP contribution in [0.3, 0.4) is 0 Å². The van der Waals surface area contributed by atoms with Crippen LogP contribution in [-0.4, -0.2) is 33.1 Å². The normalized spacial score (nSPS) is 15.3. The number of allylic oxidation sites excluding steroid dienone is 2. The van der Waals surface area contributed by atoms with E-state index in [0.717, 1.165) is 16.8 Å². The lowest BCUT2D eigenvalue weighted by Gasteiger charge is -2.28. The lowest BCUT2D eigenvalue weighted by Crippen LogP contribution is -2.28. The minimum atomic E-state index is -0.486. The smallest absolute Gasteiger partial charge is 0.248 e. The van der Waals surface area contributed by atoms with Crippen molar-refractivity contribution >= 4 is 27.7 Å². The summed E-state index contributed by atoms with van der Waals surface area (Å²) in [6.07, 6.45) is 0. The van der Waals surface area contributed by atoms with E-state index in [2.05, 4.69) is 36.8 Å². The van der Waals surface area contributed by atoms with Gasteiger partial charge in [0, 0.05) is 11.3 Å². The van der Waals surface area contributed by atoms with Gasteiger partial charge < -0.3 is 14.8 Å². The number of Topliss-reactive ketones (excluding diaryl/α,β-unsaturated/α-hetero) is 1. The maximum atomic E-state index is 12.5. The first-order valence-corrected chi connectivity index (χ1v) is 10.5. The number of ketones is 1. The fourth-order valence-electron chi connectivity index (χ4n) is 3.65. The second-order valence-corrected chi connectivity index (χ2v) is 8.23. The number of carbonyl (C=O) groups excluding carboxylic acids is 1. The van der Waals surface area contributed by atoms with Crippen molar-refractivity contribution in [1.29, 1.82) is 0 Å². The predicted molar refractivity (Wildman–Crippen MR) is 119 cm³/mol. The Morgan fingerprint density at radius 2 is 1.97 bits per heavy atom. The summed E-state index contributed by atoms with van der Waals surface area (Å²) in [5.41, 5.74) is 4.35. The number of tetrazole rings is 1. The van der Waals surface area contributed by atoms with Gasteiger partial charge in [-0.25, -0.2) is 0 Å². The van der Waals surface area contributed by atoms with Crippen LogP contribution in [0.25, 0.3) is 0 Å². The van der Waals surface area contributed by atoms with Crippen molar-refractivity contribution in [2.45, 2.75) is 33.4 Å². The van der Waals surface area contributed by atoms with Gasteiger partial charge in [0.25, 0.3) is 0 Å². The third kappa shape index (κ3) is 4.05. The SMILES string of the molecule is COc1cc(C2C(C(C)=O)=C(C)Nc3nnnn32)cc(Br)c1OCc1ccc(C)cc1. The van der Waals surface area contributed by atoms with Crippen molar-refractivity contribution < 1.29 is 14.3 Å². The van der Waals surface area contributed by atoms with Crippen LogP contribution in [0.1, 0.15) is 36.6 Å². The van der Waals surface area contributed by atoms with Gasteiger partial charge in [-0.1, -0.05) is 34.9 Å². The molecule has 4 rings (SSSR count). The Bertz CT molecular complexity index is 1170. The van der Waals surface area contributed by atoms with Gasteiger partial charge in [0.05, 0.1) is 11.6 Å². The number of ether oxygens (including phenoxy) is 2. The summed E-state index contributed by atoms with van der Waals surface area (Å²) in [7, 11) is 1.59. The number of nitrogens with zero attached hydrogens (tertiary/aromatic N) is 4. The van der Waals surface area contributed by atoms with E-state index in [-0.39, 0.29) is 5.78 Å². The molecule has 0 spiro atoms. The molecule has 1 aliphatic heterocycles. The molecular weight excluding hydrogens is 462 g/mol. The van der Waals surface area contributed by atoms with Gasteiger partial charge in [-0.15, -0.1) is 0 Å². The number of aryl methyl sites for hydroxylation is 1. The van der Waals surface area contributed by atoms with Crippen LogP contribution >= 0.6 is 15.9 Å². The van der Waals surface area contributed by atoms with Crippen molar-refractivity contribution in [2.75, 3.05) is 12.4 Å². The van der Waals surface area contributed by atoms with Crippen molar-refractivity contribution in [3.8, 4) is 11.5 Å². The van der Waals surface area contributed by atoms with Crippen LogP contribution in [0, 0.1) is 6.92 Å². The third-order valence-electron chi connectivity index (χ3n) is 5.16. The molecule has 1 N–H and O–H groups in total. The van der Waals surface area contributed by atoms with Crippen LogP contribution in [0.5, 0.6) is 11.5 Å². The first kappa shape index (κ1) is 21.0. The van der Waals surface area contributed by atoms with Gasteiger partial charge in [-0.05, 0) is 70.4 Å². The Hall–Kier alpha value is -3.20. The molecule has 160 valence electrons. The first-order chi connectivity index (χ1) is 14.9. The predicted octanol–water partition coefficient (Wildman–Crippen LogP) is 4.21. The number of halogens is 1. The standard InChI is InChI=1S/C22H22BrN5O3/c1-12-5-7-15(8-6-12)11-31-21-17(23)9-16(10-18(21)30-4)20-19(14(3)29)13(2)24-22-25-26-27-28(20)22/h5-10,20H,11H2,1-4H3,(H,24,25,27). The lowest BCUT2D eigenvalue weighted by atomic mass is 9.93. The van der Waals surface area contributed by atoms with Gasteiger partial charge in [0.15, 0.2) is 17.3 Å². The zero-order valence-electron chi connectivity index (χ0n) is 17.6. The zero-order chi connectivity index (χ0) is 22.1. The van der Waals surface area contributed by atoms with Crippen LogP contribution in [0.15, 0.2) is 52.1 Å². The molecule has 2 heterocycles. The average Bonchev–Trinajstić information content (AvgIpc) is 3.20. The van der Waals surface area contributed by atoms with Crippen LogP contribution in [0.2, 0.25) is 0 Å². The summed E-state index contributed by atoms with van der Waals surface area (Å²) < 4.78 is 14.0. The second kappa shape index (κ2) is 8.50. The highest BCUT2D eigenvalue weighted by molar-refractivity contribution is 9.10. The highest BCUT2D eigenvalue weighted by Crippen LogP contribution is 2.42. The Morgan fingerprint density at radius 1 is 1.23 bits per heavy atom. The Kier molecular flexibility index (Phi) is 5.77. The van der Waals surface area contributed by atoms with Crippen molar-refractivity contribution in [3.63, 3.8) is 0 Å². The molecule has 8 nitrogen and oxygen atoms in total. The number of nitrogens with one attached hydrogen (secondary N) is 1. The molecule has 0 saturated carbocycles. The molecular formula is C22H22BrN5O3. The molecule has 1 unspecified atom stereocenters. The van der Waals surface area contributed by atoms with Crippen molar-refractivity contribution in [2.24, 2.45) is 0 Å². The Balaban J connectivity index is 1.72. The maximum Gasteiger partial charge on any atom is 0.248 e. The minimum Gasteiger partial charge on any atom is -0.493 e. The largest absolute Gasteiger partial charge is 0.493 e. The molecule has 0 radical (unpaired) electrons. The maximum absolute atomic E-state index is 12.5. The molecule has 0 saturated heterocycles. The summed E-state index contributed by atoms with van der Waals surface area (Å²) in [4.78, 5) is 12.5. The molecule has 2 aromatic carbocycles. The van der Waals surface area contributed by atoms with E-state index in [1.807, 2.05) is 50.2 Å². The van der Waals surface area contributed by atoms with Gasteiger partial charge in [-0.3, -0.25) is 4.79 Å². The average molecular weight is 484 g/mol. The molecule has 9 heteroatoms. The number of rotatable bonds is 6. The summed E-state index contributed by atoms with van der Waals surface area (Å²) in [6, 6.07) is 11.4. The summed E-state index contributed by atoms with van der Waals surface area (Å²) >= 11 is 3.61. The van der Waals surface area contributed by atoms with Gasteiger partial charge in [0.1, 0.15) is 12.6 Å². The third-order valence-corrected chi connectivity index (χ3v) is 5.75. The molecule has 0 bridgehead atoms. The number of anilines is 1. The fourth-order valence-corrected chi connectivity index (χ4v) is 4.23. The van der Waals surface area contributed by atoms with E-state index in [1.54, 1.807) is 11.8 Å². The van der Waals surface area contributed by atoms with E-state index in [4.69, 9.17) is 9.47 Å². The number of carbonyl (C=O) groups is 1. The van der Waals surface area contributed by atoms with E-state index < -0.39 is 6.04 Å². The number of aromatic nitrogens is 4. The van der Waals surface area contributed by atoms with E-state index in [9.17, 15) is 4.79 Å². The quantitative estimate of drug-likeness (QED) is 0.561. The minimum absolute atomic E-state index is 0.0639. The number of hydrogen-bond acceptors (Lipinski definition) is 7. The lowest BCUT2D eigenvalue weighted by molar-refractivity contribution is -0.114. The van der Waals surface area contributed by atoms with Gasteiger partial charge >= 0.3 is 0 Å². The molecule has 0 aliphatic carbocycles. The van der Waals surface area contributed by atoms with Crippen LogP contribution in [-0.2, 0) is 11.4 Å². The highest BCUT2D eigenvalue weighted by Gasteiger charge is 2.33. The Labute approximate surface area is 188 Å². The second-order valence-electron chi connectivity index (χ2n) is 7.38. The van der Waals surface area contributed by atoms with Crippen LogP contribution in [0.4, 0.5) is 5.95 Å². The zero-order valence-corrected chi connectivity index (χ0v) is 19.2. The number of methoxy groups -OCH3 is 1. The molecule has 1 aliphatic rings. The summed E-state index contributed by atoms with van der Waals surface area (Å²) in [5.74, 6) is 1.54. The van der Waals surface area contributed by atoms with E-state index >= 15 is 0 Å². The number of benzene rings is 2. The fraction of sp³-hybridized carbons (Fsp3) is 0.273. The molecule has 0 amide bonds. The van der Waals surface area contributed by atoms with Crippen molar-refractivity contribution in [3.05, 3.63) is 68.8 Å². The van der Waals surface area contributed by atoms with E-state index in [0.29, 0.717) is 34.1 Å². The first-order valence-electron chi connectivity index (χ1n) is 9.71. The summed E-state index contributed by atoms with van der Waals surface area (Å²) in [5, 5.41) is 14.9. The Morgan fingerprint density at radius 3 is 2.65 bits per heavy atom. The molecule has 3 aromatic rings. The monoisotopic (exact) mass is 483 g/mol. The number of fused-ring (bicyclic) bond motifs is 1. The molecule has 1 aromatic heterocycles. The van der Waals surface area contributed by atoms with Crippen molar-refractivity contribution in [1.82, 2.24) is 20.2 Å². The molecule has 31 heavy (non-hydrogen) atoms. The van der Waals surface area contributed by atoms with Gasteiger partial charge in [-0.2, -0.15) is 4.68 Å². The summed E-state index contributed by atoms with van der Waals surface area (Å²) in [6.45, 7) is 5.82.